The molecular weight excluding hydrogens is 498 g/mol. The second-order valence-corrected chi connectivity index (χ2v) is 9.90. The fraction of sp³-hybridized carbons (Fsp3) is 0.708. The van der Waals surface area contributed by atoms with Gasteiger partial charge in [-0.15, -0.1) is 0 Å². The first-order valence-electron chi connectivity index (χ1n) is 12.9. The quantitative estimate of drug-likeness (QED) is 0.164. The number of nitrogens with two attached hydrogens (primary N) is 2. The van der Waals surface area contributed by atoms with E-state index in [4.69, 9.17) is 11.5 Å². The van der Waals surface area contributed by atoms with Crippen molar-refractivity contribution in [2.45, 2.75) is 95.5 Å². The Kier molecular flexibility index (Phi) is 11.2. The Balaban J connectivity index is 2.08. The van der Waals surface area contributed by atoms with E-state index in [1.807, 2.05) is 0 Å². The second kappa shape index (κ2) is 13.8. The van der Waals surface area contributed by atoms with Crippen LogP contribution < -0.4 is 27.4 Å². The molecule has 6 atom stereocenters. The summed E-state index contributed by atoms with van der Waals surface area (Å²) in [5.41, 5.74) is 10.9. The molecule has 0 spiro atoms. The Morgan fingerprint density at radius 3 is 1.89 bits per heavy atom. The first-order valence-corrected chi connectivity index (χ1v) is 12.9. The SMILES string of the molecule is C[C@H](N)C(=O)N1CCC[C@H]1C(=O)N[C@@H](CCC(N)=O)C(=O)N[C@@H](C)C(=O)N1CCC[C@H]1C(=O)N[C@@H](C)C=O. The number of likely N-dealkylation sites (tertiary alicyclic amines) is 2. The maximum absolute atomic E-state index is 13.1. The van der Waals surface area contributed by atoms with Gasteiger partial charge in [0.1, 0.15) is 30.5 Å². The van der Waals surface area contributed by atoms with Crippen molar-refractivity contribution in [3.05, 3.63) is 0 Å². The van der Waals surface area contributed by atoms with Crippen LogP contribution in [0.4, 0.5) is 0 Å². The fourth-order valence-electron chi connectivity index (χ4n) is 4.67. The molecule has 2 fully saturated rings. The van der Waals surface area contributed by atoms with Gasteiger partial charge in [-0.3, -0.25) is 28.8 Å². The maximum Gasteiger partial charge on any atom is 0.245 e. The minimum absolute atomic E-state index is 0.111. The molecule has 0 unspecified atom stereocenters. The van der Waals surface area contributed by atoms with Gasteiger partial charge in [-0.1, -0.05) is 0 Å². The van der Waals surface area contributed by atoms with E-state index in [-0.39, 0.29) is 18.7 Å². The van der Waals surface area contributed by atoms with Gasteiger partial charge >= 0.3 is 0 Å². The largest absolute Gasteiger partial charge is 0.370 e. The summed E-state index contributed by atoms with van der Waals surface area (Å²) < 4.78 is 0. The van der Waals surface area contributed by atoms with Crippen molar-refractivity contribution in [2.24, 2.45) is 11.5 Å². The van der Waals surface area contributed by atoms with Gasteiger partial charge in [-0.05, 0) is 52.9 Å². The van der Waals surface area contributed by atoms with Gasteiger partial charge in [0.05, 0.1) is 12.1 Å². The topological polar surface area (TPSA) is 214 Å². The van der Waals surface area contributed by atoms with Gasteiger partial charge in [0.15, 0.2) is 0 Å². The molecule has 2 aliphatic rings. The molecule has 0 bridgehead atoms. The van der Waals surface area contributed by atoms with Crippen LogP contribution in [0.1, 0.15) is 59.3 Å². The zero-order chi connectivity index (χ0) is 28.6. The Labute approximate surface area is 221 Å². The fourth-order valence-corrected chi connectivity index (χ4v) is 4.67. The van der Waals surface area contributed by atoms with Crippen LogP contribution in [-0.2, 0) is 33.6 Å². The predicted octanol–water partition coefficient (Wildman–Crippen LogP) is -2.73. The number of amides is 6. The molecule has 38 heavy (non-hydrogen) atoms. The third kappa shape index (κ3) is 7.97. The molecule has 6 amide bonds. The minimum atomic E-state index is -1.19. The summed E-state index contributed by atoms with van der Waals surface area (Å²) in [6.45, 7) is 5.16. The van der Waals surface area contributed by atoms with Crippen LogP contribution in [0.15, 0.2) is 0 Å². The zero-order valence-electron chi connectivity index (χ0n) is 22.1. The molecule has 0 aromatic rings. The summed E-state index contributed by atoms with van der Waals surface area (Å²) in [5.74, 6) is -3.29. The van der Waals surface area contributed by atoms with Crippen molar-refractivity contribution in [3.63, 3.8) is 0 Å². The van der Waals surface area contributed by atoms with Crippen LogP contribution in [0, 0.1) is 0 Å². The highest BCUT2D eigenvalue weighted by Crippen LogP contribution is 2.20. The van der Waals surface area contributed by atoms with Crippen LogP contribution in [0.3, 0.4) is 0 Å². The van der Waals surface area contributed by atoms with E-state index in [2.05, 4.69) is 16.0 Å². The van der Waals surface area contributed by atoms with Crippen LogP contribution in [-0.4, -0.2) is 101 Å². The van der Waals surface area contributed by atoms with Gasteiger partial charge in [0, 0.05) is 19.5 Å². The summed E-state index contributed by atoms with van der Waals surface area (Å²) in [7, 11) is 0. The molecule has 2 aliphatic heterocycles. The number of primary amides is 1. The molecule has 14 nitrogen and oxygen atoms in total. The minimum Gasteiger partial charge on any atom is -0.370 e. The Morgan fingerprint density at radius 2 is 1.39 bits per heavy atom. The van der Waals surface area contributed by atoms with Crippen LogP contribution >= 0.6 is 0 Å². The van der Waals surface area contributed by atoms with Crippen molar-refractivity contribution in [2.75, 3.05) is 13.1 Å². The molecule has 0 aliphatic carbocycles. The number of rotatable bonds is 12. The van der Waals surface area contributed by atoms with Crippen molar-refractivity contribution >= 4 is 41.7 Å². The van der Waals surface area contributed by atoms with Crippen LogP contribution in [0.25, 0.3) is 0 Å². The lowest BCUT2D eigenvalue weighted by atomic mass is 10.1. The molecule has 0 aromatic heterocycles. The Bertz CT molecular complexity index is 941. The molecule has 0 aromatic carbocycles. The van der Waals surface area contributed by atoms with Crippen molar-refractivity contribution < 1.29 is 33.6 Å². The highest BCUT2D eigenvalue weighted by Gasteiger charge is 2.39. The molecule has 14 heteroatoms. The molecule has 2 saturated heterocycles. The van der Waals surface area contributed by atoms with E-state index in [1.54, 1.807) is 0 Å². The third-order valence-corrected chi connectivity index (χ3v) is 6.68. The number of hydrogen-bond donors (Lipinski definition) is 5. The highest BCUT2D eigenvalue weighted by molar-refractivity contribution is 5.96. The number of carbonyl (C=O) groups excluding carboxylic acids is 7. The van der Waals surface area contributed by atoms with E-state index in [9.17, 15) is 33.6 Å². The molecule has 212 valence electrons. The van der Waals surface area contributed by atoms with Crippen LogP contribution in [0.5, 0.6) is 0 Å². The van der Waals surface area contributed by atoms with Crippen molar-refractivity contribution in [1.82, 2.24) is 25.8 Å². The van der Waals surface area contributed by atoms with Crippen molar-refractivity contribution in [1.29, 1.82) is 0 Å². The van der Waals surface area contributed by atoms with Gasteiger partial charge in [-0.25, -0.2) is 0 Å². The van der Waals surface area contributed by atoms with E-state index >= 15 is 0 Å². The van der Waals surface area contributed by atoms with Gasteiger partial charge in [0.25, 0.3) is 0 Å². The summed E-state index contributed by atoms with van der Waals surface area (Å²) >= 11 is 0. The Morgan fingerprint density at radius 1 is 0.868 bits per heavy atom. The van der Waals surface area contributed by atoms with Gasteiger partial charge in [-0.2, -0.15) is 0 Å². The first kappa shape index (κ1) is 30.7. The average molecular weight is 538 g/mol. The van der Waals surface area contributed by atoms with E-state index < -0.39 is 65.8 Å². The monoisotopic (exact) mass is 537 g/mol. The molecule has 0 saturated carbocycles. The Hall–Kier alpha value is -3.55. The normalized spacial score (nSPS) is 22.1. The highest BCUT2D eigenvalue weighted by atomic mass is 16.2. The second-order valence-electron chi connectivity index (χ2n) is 9.90. The molecule has 2 heterocycles. The number of aldehydes is 1. The lowest BCUT2D eigenvalue weighted by Crippen LogP contribution is -2.58. The van der Waals surface area contributed by atoms with E-state index in [1.165, 1.54) is 30.6 Å². The van der Waals surface area contributed by atoms with Crippen LogP contribution in [0.2, 0.25) is 0 Å². The van der Waals surface area contributed by atoms with E-state index in [0.29, 0.717) is 45.1 Å². The first-order chi connectivity index (χ1) is 17.9. The lowest BCUT2D eigenvalue weighted by Gasteiger charge is -2.29. The third-order valence-electron chi connectivity index (χ3n) is 6.68. The zero-order valence-corrected chi connectivity index (χ0v) is 22.1. The molecule has 2 rings (SSSR count). The summed E-state index contributed by atoms with van der Waals surface area (Å²) in [5, 5.41) is 7.68. The molecule has 0 radical (unpaired) electrons. The number of carbonyl (C=O) groups is 7. The predicted molar refractivity (Wildman–Crippen MR) is 135 cm³/mol. The lowest BCUT2D eigenvalue weighted by molar-refractivity contribution is -0.142. The van der Waals surface area contributed by atoms with Crippen molar-refractivity contribution in [3.8, 4) is 0 Å². The number of hydrogen-bond acceptors (Lipinski definition) is 8. The van der Waals surface area contributed by atoms with E-state index in [0.717, 1.165) is 0 Å². The molecule has 7 N–H and O–H groups in total. The summed E-state index contributed by atoms with van der Waals surface area (Å²) in [6, 6.07) is -5.31. The maximum atomic E-state index is 13.1. The standard InChI is InChI=1S/C24H39N7O7/c1-13(12-32)27-21(35)17-6-5-11-31(17)24(38)15(3)28-20(34)16(8-9-19(26)33)29-22(36)18-7-4-10-30(18)23(37)14(2)25/h12-18H,4-11,25H2,1-3H3,(H2,26,33)(H,27,35)(H,28,34)(H,29,36)/t13-,14-,15-,16-,17-,18-/m0/s1. The average Bonchev–Trinajstić information content (AvgIpc) is 3.55. The van der Waals surface area contributed by atoms with Gasteiger partial charge < -0.3 is 42.0 Å². The smallest absolute Gasteiger partial charge is 0.245 e. The summed E-state index contributed by atoms with van der Waals surface area (Å²) in [4.78, 5) is 89.1. The number of nitrogens with zero attached hydrogens (tertiary/aromatic N) is 2. The number of nitrogens with one attached hydrogen (secondary N) is 3. The molecular formula is C24H39N7O7. The summed E-state index contributed by atoms with van der Waals surface area (Å²) in [6.07, 6.45) is 2.26. The van der Waals surface area contributed by atoms with Gasteiger partial charge in [0.2, 0.25) is 35.4 Å².